The summed E-state index contributed by atoms with van der Waals surface area (Å²) in [6.45, 7) is 13.5. The van der Waals surface area contributed by atoms with E-state index in [4.69, 9.17) is 5.26 Å². The van der Waals surface area contributed by atoms with E-state index in [0.29, 0.717) is 0 Å². The van der Waals surface area contributed by atoms with Crippen molar-refractivity contribution in [3.8, 4) is 6.07 Å². The molecular weight excluding hydrogens is 198 g/mol. The molecule has 1 fully saturated rings. The van der Waals surface area contributed by atoms with Crippen LogP contribution in [0.1, 0.15) is 26.7 Å². The summed E-state index contributed by atoms with van der Waals surface area (Å²) >= 11 is 0. The molecule has 0 aromatic rings. The predicted molar refractivity (Wildman–Crippen MR) is 67.1 cm³/mol. The summed E-state index contributed by atoms with van der Waals surface area (Å²) < 4.78 is 0. The Kier molecular flexibility index (Phi) is 5.51. The summed E-state index contributed by atoms with van der Waals surface area (Å²) in [7, 11) is 0. The van der Waals surface area contributed by atoms with Gasteiger partial charge in [0, 0.05) is 32.7 Å². The second-order valence-corrected chi connectivity index (χ2v) is 4.47. The number of hydrogen-bond donors (Lipinski definition) is 0. The first-order chi connectivity index (χ1) is 7.71. The summed E-state index contributed by atoms with van der Waals surface area (Å²) in [6.07, 6.45) is 1.99. The number of nitrogens with zero attached hydrogens (tertiary/aromatic N) is 3. The van der Waals surface area contributed by atoms with Gasteiger partial charge in [-0.3, -0.25) is 9.80 Å². The standard InChI is InChI=1S/C13H23N3/c1-4-12(3)11-15-6-8-16(9-7-15)13(5-2)10-14/h13H,3-9,11H2,1-2H3. The van der Waals surface area contributed by atoms with Crippen molar-refractivity contribution >= 4 is 0 Å². The van der Waals surface area contributed by atoms with Crippen LogP contribution in [0.25, 0.3) is 0 Å². The van der Waals surface area contributed by atoms with Gasteiger partial charge in [-0.15, -0.1) is 0 Å². The third-order valence-corrected chi connectivity index (χ3v) is 3.33. The zero-order valence-electron chi connectivity index (χ0n) is 10.6. The predicted octanol–water partition coefficient (Wildman–Crippen LogP) is 1.87. The highest BCUT2D eigenvalue weighted by molar-refractivity contribution is 4.98. The molecule has 0 aromatic carbocycles. The molecule has 1 atom stereocenters. The fourth-order valence-electron chi connectivity index (χ4n) is 2.09. The summed E-state index contributed by atoms with van der Waals surface area (Å²) in [5.74, 6) is 0. The van der Waals surface area contributed by atoms with Crippen LogP contribution in [0.3, 0.4) is 0 Å². The zero-order valence-corrected chi connectivity index (χ0v) is 10.6. The first-order valence-electron chi connectivity index (χ1n) is 6.23. The molecule has 0 aliphatic carbocycles. The van der Waals surface area contributed by atoms with Gasteiger partial charge in [0.15, 0.2) is 0 Å². The second kappa shape index (κ2) is 6.67. The smallest absolute Gasteiger partial charge is 0.0976 e. The molecule has 0 aromatic heterocycles. The van der Waals surface area contributed by atoms with Gasteiger partial charge in [0.25, 0.3) is 0 Å². The van der Waals surface area contributed by atoms with Crippen molar-refractivity contribution in [3.05, 3.63) is 12.2 Å². The van der Waals surface area contributed by atoms with Crippen molar-refractivity contribution in [1.82, 2.24) is 9.80 Å². The first kappa shape index (κ1) is 13.2. The quantitative estimate of drug-likeness (QED) is 0.664. The van der Waals surface area contributed by atoms with E-state index in [-0.39, 0.29) is 6.04 Å². The molecule has 1 rings (SSSR count). The van der Waals surface area contributed by atoms with Crippen molar-refractivity contribution in [3.63, 3.8) is 0 Å². The van der Waals surface area contributed by atoms with E-state index < -0.39 is 0 Å². The molecule has 0 N–H and O–H groups in total. The van der Waals surface area contributed by atoms with Crippen molar-refractivity contribution < 1.29 is 0 Å². The van der Waals surface area contributed by atoms with Gasteiger partial charge in [-0.05, 0) is 12.8 Å². The molecule has 0 amide bonds. The summed E-state index contributed by atoms with van der Waals surface area (Å²) in [5.41, 5.74) is 1.31. The maximum Gasteiger partial charge on any atom is 0.0976 e. The van der Waals surface area contributed by atoms with Gasteiger partial charge in [-0.25, -0.2) is 0 Å². The Morgan fingerprint density at radius 3 is 2.38 bits per heavy atom. The molecule has 90 valence electrons. The van der Waals surface area contributed by atoms with E-state index in [1.165, 1.54) is 5.57 Å². The molecule has 0 saturated carbocycles. The van der Waals surface area contributed by atoms with Crippen LogP contribution in [0.15, 0.2) is 12.2 Å². The minimum absolute atomic E-state index is 0.108. The van der Waals surface area contributed by atoms with Gasteiger partial charge in [-0.1, -0.05) is 26.0 Å². The minimum atomic E-state index is 0.108. The van der Waals surface area contributed by atoms with E-state index in [1.54, 1.807) is 0 Å². The van der Waals surface area contributed by atoms with Crippen LogP contribution in [0.4, 0.5) is 0 Å². The molecule has 3 nitrogen and oxygen atoms in total. The van der Waals surface area contributed by atoms with Crippen LogP contribution < -0.4 is 0 Å². The lowest BCUT2D eigenvalue weighted by Crippen LogP contribution is -2.50. The largest absolute Gasteiger partial charge is 0.297 e. The number of nitriles is 1. The normalized spacial score (nSPS) is 20.3. The van der Waals surface area contributed by atoms with Crippen LogP contribution in [-0.4, -0.2) is 48.6 Å². The summed E-state index contributed by atoms with van der Waals surface area (Å²) in [5, 5.41) is 9.01. The average molecular weight is 221 g/mol. The molecular formula is C13H23N3. The minimum Gasteiger partial charge on any atom is -0.297 e. The van der Waals surface area contributed by atoms with Gasteiger partial charge >= 0.3 is 0 Å². The molecule has 3 heteroatoms. The molecule has 16 heavy (non-hydrogen) atoms. The highest BCUT2D eigenvalue weighted by Gasteiger charge is 2.22. The molecule has 0 spiro atoms. The summed E-state index contributed by atoms with van der Waals surface area (Å²) in [6, 6.07) is 2.49. The molecule has 1 heterocycles. The van der Waals surface area contributed by atoms with Crippen LogP contribution in [0.5, 0.6) is 0 Å². The molecule has 0 radical (unpaired) electrons. The van der Waals surface area contributed by atoms with Crippen molar-refractivity contribution in [2.24, 2.45) is 0 Å². The van der Waals surface area contributed by atoms with Gasteiger partial charge in [0.1, 0.15) is 0 Å². The maximum atomic E-state index is 9.01. The van der Waals surface area contributed by atoms with E-state index in [0.717, 1.165) is 45.6 Å². The lowest BCUT2D eigenvalue weighted by Gasteiger charge is -2.36. The Morgan fingerprint density at radius 2 is 1.94 bits per heavy atom. The van der Waals surface area contributed by atoms with Crippen LogP contribution in [0.2, 0.25) is 0 Å². The SMILES string of the molecule is C=C(CC)CN1CCN(C(C#N)CC)CC1. The highest BCUT2D eigenvalue weighted by atomic mass is 15.3. The Bertz CT molecular complexity index is 259. The molecule has 1 unspecified atom stereocenters. The van der Waals surface area contributed by atoms with Crippen molar-refractivity contribution in [1.29, 1.82) is 5.26 Å². The molecule has 1 saturated heterocycles. The lowest BCUT2D eigenvalue weighted by atomic mass is 10.1. The number of hydrogen-bond acceptors (Lipinski definition) is 3. The molecule has 1 aliphatic rings. The van der Waals surface area contributed by atoms with E-state index in [9.17, 15) is 0 Å². The third-order valence-electron chi connectivity index (χ3n) is 3.33. The average Bonchev–Trinajstić information content (AvgIpc) is 2.32. The number of piperazine rings is 1. The van der Waals surface area contributed by atoms with Crippen LogP contribution >= 0.6 is 0 Å². The number of rotatable bonds is 5. The fourth-order valence-corrected chi connectivity index (χ4v) is 2.09. The third kappa shape index (κ3) is 3.62. The summed E-state index contributed by atoms with van der Waals surface area (Å²) in [4.78, 5) is 4.73. The zero-order chi connectivity index (χ0) is 12.0. The van der Waals surface area contributed by atoms with Gasteiger partial charge in [0.2, 0.25) is 0 Å². The van der Waals surface area contributed by atoms with Crippen molar-refractivity contribution in [2.75, 3.05) is 32.7 Å². The maximum absolute atomic E-state index is 9.01. The molecule has 1 aliphatic heterocycles. The fraction of sp³-hybridized carbons (Fsp3) is 0.769. The van der Waals surface area contributed by atoms with Gasteiger partial charge in [-0.2, -0.15) is 5.26 Å². The lowest BCUT2D eigenvalue weighted by molar-refractivity contribution is 0.119. The Balaban J connectivity index is 2.34. The van der Waals surface area contributed by atoms with Gasteiger partial charge in [0.05, 0.1) is 12.1 Å². The van der Waals surface area contributed by atoms with Gasteiger partial charge < -0.3 is 0 Å². The van der Waals surface area contributed by atoms with Crippen LogP contribution in [0, 0.1) is 11.3 Å². The van der Waals surface area contributed by atoms with E-state index in [1.807, 2.05) is 0 Å². The first-order valence-corrected chi connectivity index (χ1v) is 6.23. The van der Waals surface area contributed by atoms with Crippen molar-refractivity contribution in [2.45, 2.75) is 32.7 Å². The van der Waals surface area contributed by atoms with E-state index in [2.05, 4.69) is 36.3 Å². The topological polar surface area (TPSA) is 30.3 Å². The highest BCUT2D eigenvalue weighted by Crippen LogP contribution is 2.10. The van der Waals surface area contributed by atoms with E-state index >= 15 is 0 Å². The Morgan fingerprint density at radius 1 is 1.31 bits per heavy atom. The Hall–Kier alpha value is -0.850. The Labute approximate surface area is 99.3 Å². The second-order valence-electron chi connectivity index (χ2n) is 4.47. The monoisotopic (exact) mass is 221 g/mol. The van der Waals surface area contributed by atoms with Crippen LogP contribution in [-0.2, 0) is 0 Å². The molecule has 0 bridgehead atoms.